The van der Waals surface area contributed by atoms with Gasteiger partial charge in [0.25, 0.3) is 0 Å². The molecule has 1 N–H and O–H groups in total. The molecular weight excluding hydrogens is 248 g/mol. The summed E-state index contributed by atoms with van der Waals surface area (Å²) in [4.78, 5) is 0. The summed E-state index contributed by atoms with van der Waals surface area (Å²) in [5, 5.41) is 4.00. The Labute approximate surface area is 109 Å². The van der Waals surface area contributed by atoms with Gasteiger partial charge in [-0.3, -0.25) is 0 Å². The van der Waals surface area contributed by atoms with Gasteiger partial charge >= 0.3 is 0 Å². The SMILES string of the molecule is Fc1cc(F)c2oc(CNC3CC3)c(C3CC3)c2c1. The number of halogens is 2. The summed E-state index contributed by atoms with van der Waals surface area (Å²) in [6, 6.07) is 2.86. The van der Waals surface area contributed by atoms with Crippen LogP contribution in [0.5, 0.6) is 0 Å². The zero-order valence-corrected chi connectivity index (χ0v) is 10.5. The van der Waals surface area contributed by atoms with Crippen molar-refractivity contribution < 1.29 is 13.2 Å². The average molecular weight is 263 g/mol. The number of fused-ring (bicyclic) bond motifs is 1. The first kappa shape index (κ1) is 11.4. The molecule has 2 aliphatic rings. The molecule has 0 amide bonds. The van der Waals surface area contributed by atoms with E-state index in [1.54, 1.807) is 0 Å². The van der Waals surface area contributed by atoms with E-state index in [2.05, 4.69) is 5.32 Å². The van der Waals surface area contributed by atoms with Crippen molar-refractivity contribution in [2.75, 3.05) is 0 Å². The molecule has 1 aromatic heterocycles. The molecule has 19 heavy (non-hydrogen) atoms. The minimum atomic E-state index is -0.602. The molecule has 0 unspecified atom stereocenters. The van der Waals surface area contributed by atoms with Crippen LogP contribution in [0.3, 0.4) is 0 Å². The van der Waals surface area contributed by atoms with Gasteiger partial charge in [0.15, 0.2) is 11.4 Å². The van der Waals surface area contributed by atoms with E-state index in [0.717, 1.165) is 30.2 Å². The zero-order valence-electron chi connectivity index (χ0n) is 10.5. The summed E-state index contributed by atoms with van der Waals surface area (Å²) in [5.41, 5.74) is 1.22. The molecule has 0 spiro atoms. The molecule has 2 aromatic rings. The van der Waals surface area contributed by atoms with Gasteiger partial charge in [-0.1, -0.05) is 0 Å². The number of benzene rings is 1. The van der Waals surface area contributed by atoms with Gasteiger partial charge in [0.05, 0.1) is 6.54 Å². The van der Waals surface area contributed by atoms with E-state index >= 15 is 0 Å². The number of hydrogen-bond acceptors (Lipinski definition) is 2. The van der Waals surface area contributed by atoms with Crippen LogP contribution in [0.15, 0.2) is 16.5 Å². The van der Waals surface area contributed by atoms with Crippen LogP contribution in [0.2, 0.25) is 0 Å². The second-order valence-electron chi connectivity index (χ2n) is 5.63. The van der Waals surface area contributed by atoms with Gasteiger partial charge in [0, 0.05) is 23.1 Å². The topological polar surface area (TPSA) is 25.2 Å². The van der Waals surface area contributed by atoms with E-state index in [1.807, 2.05) is 0 Å². The second kappa shape index (κ2) is 4.04. The lowest BCUT2D eigenvalue weighted by molar-refractivity contribution is 0.487. The summed E-state index contributed by atoms with van der Waals surface area (Å²) < 4.78 is 32.8. The summed E-state index contributed by atoms with van der Waals surface area (Å²) in [7, 11) is 0. The Bertz CT molecular complexity index is 641. The molecular formula is C15H15F2NO. The zero-order chi connectivity index (χ0) is 13.0. The molecule has 4 heteroatoms. The van der Waals surface area contributed by atoms with Gasteiger partial charge in [0.2, 0.25) is 0 Å². The lowest BCUT2D eigenvalue weighted by Crippen LogP contribution is -2.15. The molecule has 100 valence electrons. The molecule has 1 heterocycles. The maximum atomic E-state index is 13.8. The summed E-state index contributed by atoms with van der Waals surface area (Å²) in [6.45, 7) is 0.617. The molecule has 2 fully saturated rings. The highest BCUT2D eigenvalue weighted by atomic mass is 19.1. The van der Waals surface area contributed by atoms with Crippen LogP contribution in [-0.4, -0.2) is 6.04 Å². The fourth-order valence-corrected chi connectivity index (χ4v) is 2.67. The largest absolute Gasteiger partial charge is 0.456 e. The highest BCUT2D eigenvalue weighted by Crippen LogP contribution is 2.46. The van der Waals surface area contributed by atoms with Gasteiger partial charge in [-0.15, -0.1) is 0 Å². The maximum absolute atomic E-state index is 13.8. The summed E-state index contributed by atoms with van der Waals surface area (Å²) in [6.07, 6.45) is 4.57. The predicted octanol–water partition coefficient (Wildman–Crippen LogP) is 3.84. The molecule has 0 saturated heterocycles. The standard InChI is InChI=1S/C15H15F2NO/c16-9-5-11-14(8-1-2-8)13(7-18-10-3-4-10)19-15(11)12(17)6-9/h5-6,8,10,18H,1-4,7H2. The van der Waals surface area contributed by atoms with Crippen molar-refractivity contribution in [1.29, 1.82) is 0 Å². The van der Waals surface area contributed by atoms with Crippen LogP contribution in [0.1, 0.15) is 42.9 Å². The van der Waals surface area contributed by atoms with E-state index in [4.69, 9.17) is 4.42 Å². The molecule has 2 nitrogen and oxygen atoms in total. The van der Waals surface area contributed by atoms with Crippen LogP contribution < -0.4 is 5.32 Å². The first-order valence-electron chi connectivity index (χ1n) is 6.86. The van der Waals surface area contributed by atoms with Gasteiger partial charge in [-0.25, -0.2) is 8.78 Å². The van der Waals surface area contributed by atoms with E-state index < -0.39 is 11.6 Å². The third kappa shape index (κ3) is 2.04. The highest BCUT2D eigenvalue weighted by Gasteiger charge is 2.32. The Morgan fingerprint density at radius 2 is 1.95 bits per heavy atom. The molecule has 1 aromatic carbocycles. The van der Waals surface area contributed by atoms with E-state index in [1.165, 1.54) is 18.9 Å². The van der Waals surface area contributed by atoms with Crippen LogP contribution in [0.4, 0.5) is 8.78 Å². The summed E-state index contributed by atoms with van der Waals surface area (Å²) >= 11 is 0. The third-order valence-electron chi connectivity index (χ3n) is 3.94. The Kier molecular flexibility index (Phi) is 2.42. The average Bonchev–Trinajstić information content (AvgIpc) is 3.26. The van der Waals surface area contributed by atoms with Crippen molar-refractivity contribution in [2.24, 2.45) is 0 Å². The fraction of sp³-hybridized carbons (Fsp3) is 0.467. The number of nitrogens with one attached hydrogen (secondary N) is 1. The minimum absolute atomic E-state index is 0.205. The monoisotopic (exact) mass is 263 g/mol. The number of hydrogen-bond donors (Lipinski definition) is 1. The highest BCUT2D eigenvalue weighted by molar-refractivity contribution is 5.84. The first-order valence-corrected chi connectivity index (χ1v) is 6.86. The Hall–Kier alpha value is -1.42. The van der Waals surface area contributed by atoms with E-state index in [-0.39, 0.29) is 5.58 Å². The number of furan rings is 1. The van der Waals surface area contributed by atoms with Crippen LogP contribution >= 0.6 is 0 Å². The maximum Gasteiger partial charge on any atom is 0.170 e. The molecule has 4 rings (SSSR count). The molecule has 0 aliphatic heterocycles. The van der Waals surface area contributed by atoms with Gasteiger partial charge in [-0.2, -0.15) is 0 Å². The first-order chi connectivity index (χ1) is 9.22. The molecule has 2 aliphatic carbocycles. The molecule has 0 bridgehead atoms. The van der Waals surface area contributed by atoms with Crippen molar-refractivity contribution >= 4 is 11.0 Å². The minimum Gasteiger partial charge on any atom is -0.456 e. The van der Waals surface area contributed by atoms with E-state index in [0.29, 0.717) is 23.9 Å². The molecule has 0 atom stereocenters. The van der Waals surface area contributed by atoms with Crippen molar-refractivity contribution in [2.45, 2.75) is 44.2 Å². The predicted molar refractivity (Wildman–Crippen MR) is 68.0 cm³/mol. The second-order valence-corrected chi connectivity index (χ2v) is 5.63. The van der Waals surface area contributed by atoms with Crippen LogP contribution in [0, 0.1) is 11.6 Å². The van der Waals surface area contributed by atoms with Crippen molar-refractivity contribution in [3.05, 3.63) is 35.1 Å². The van der Waals surface area contributed by atoms with Gasteiger partial charge in [0.1, 0.15) is 11.6 Å². The number of rotatable bonds is 4. The fourth-order valence-electron chi connectivity index (χ4n) is 2.67. The Balaban J connectivity index is 1.81. The normalized spacial score (nSPS) is 19.3. The van der Waals surface area contributed by atoms with Crippen molar-refractivity contribution in [1.82, 2.24) is 5.32 Å². The smallest absolute Gasteiger partial charge is 0.170 e. The van der Waals surface area contributed by atoms with Crippen molar-refractivity contribution in [3.63, 3.8) is 0 Å². The third-order valence-corrected chi connectivity index (χ3v) is 3.94. The van der Waals surface area contributed by atoms with Crippen LogP contribution in [-0.2, 0) is 6.54 Å². The van der Waals surface area contributed by atoms with E-state index in [9.17, 15) is 8.78 Å². The Morgan fingerprint density at radius 1 is 1.16 bits per heavy atom. The summed E-state index contributed by atoms with van der Waals surface area (Å²) in [5.74, 6) is 0.0660. The Morgan fingerprint density at radius 3 is 2.63 bits per heavy atom. The lowest BCUT2D eigenvalue weighted by atomic mass is 10.1. The lowest BCUT2D eigenvalue weighted by Gasteiger charge is -2.02. The quantitative estimate of drug-likeness (QED) is 0.906. The molecule has 0 radical (unpaired) electrons. The van der Waals surface area contributed by atoms with Crippen LogP contribution in [0.25, 0.3) is 11.0 Å². The van der Waals surface area contributed by atoms with Crippen molar-refractivity contribution in [3.8, 4) is 0 Å². The molecule has 2 saturated carbocycles. The van der Waals surface area contributed by atoms with Gasteiger partial charge in [-0.05, 0) is 37.7 Å². The van der Waals surface area contributed by atoms with Gasteiger partial charge < -0.3 is 9.73 Å².